The van der Waals surface area contributed by atoms with Crippen molar-refractivity contribution >= 4 is 51.7 Å². The fourth-order valence-corrected chi connectivity index (χ4v) is 5.42. The number of benzene rings is 1. The third-order valence-corrected chi connectivity index (χ3v) is 7.28. The molecule has 2 amide bonds. The van der Waals surface area contributed by atoms with Crippen LogP contribution in [-0.2, 0) is 4.79 Å². The van der Waals surface area contributed by atoms with E-state index in [0.717, 1.165) is 32.7 Å². The third-order valence-electron chi connectivity index (χ3n) is 5.40. The highest BCUT2D eigenvalue weighted by Crippen LogP contribution is 2.36. The molecule has 0 bridgehead atoms. The van der Waals surface area contributed by atoms with Crippen molar-refractivity contribution in [3.63, 3.8) is 0 Å². The number of nitrogens with zero attached hydrogens (tertiary/aromatic N) is 3. The van der Waals surface area contributed by atoms with Gasteiger partial charge in [-0.3, -0.25) is 19.4 Å². The van der Waals surface area contributed by atoms with Crippen molar-refractivity contribution in [2.24, 2.45) is 0 Å². The monoisotopic (exact) mass is 454 g/mol. The fourth-order valence-electron chi connectivity index (χ4n) is 3.45. The Labute approximate surface area is 186 Å². The Bertz CT molecular complexity index is 779. The van der Waals surface area contributed by atoms with Crippen molar-refractivity contribution in [1.29, 1.82) is 0 Å². The second kappa shape index (κ2) is 9.31. The van der Waals surface area contributed by atoms with Gasteiger partial charge >= 0.3 is 0 Å². The Morgan fingerprint density at radius 1 is 1.21 bits per heavy atom. The largest absolute Gasteiger partial charge is 0.339 e. The van der Waals surface area contributed by atoms with Crippen LogP contribution < -0.4 is 5.32 Å². The molecule has 0 spiro atoms. The van der Waals surface area contributed by atoms with Gasteiger partial charge in [0, 0.05) is 54.6 Å². The van der Waals surface area contributed by atoms with Gasteiger partial charge in [0.2, 0.25) is 0 Å². The van der Waals surface area contributed by atoms with Crippen molar-refractivity contribution in [2.75, 3.05) is 46.3 Å². The van der Waals surface area contributed by atoms with Gasteiger partial charge in [-0.05, 0) is 45.2 Å². The summed E-state index contributed by atoms with van der Waals surface area (Å²) < 4.78 is 0.0479. The highest BCUT2D eigenvalue weighted by molar-refractivity contribution is 8.24. The van der Waals surface area contributed by atoms with Gasteiger partial charge in [0.15, 0.2) is 0 Å². The number of likely N-dealkylation sites (N-methyl/N-ethyl adjacent to an activating group) is 1. The highest BCUT2D eigenvalue weighted by atomic mass is 35.5. The Kier molecular flexibility index (Phi) is 7.22. The second-order valence-corrected chi connectivity index (χ2v) is 10.7. The number of halogens is 1. The molecule has 6 nitrogen and oxygen atoms in total. The molecule has 2 saturated heterocycles. The molecule has 29 heavy (non-hydrogen) atoms. The first-order valence-corrected chi connectivity index (χ1v) is 11.3. The molecule has 1 unspecified atom stereocenters. The van der Waals surface area contributed by atoms with Crippen LogP contribution in [0.1, 0.15) is 24.2 Å². The van der Waals surface area contributed by atoms with E-state index in [1.807, 2.05) is 13.8 Å². The predicted octanol–water partition coefficient (Wildman–Crippen LogP) is 2.32. The lowest BCUT2D eigenvalue weighted by Crippen LogP contribution is -2.63. The Hall–Kier alpha value is -1.19. The zero-order valence-electron chi connectivity index (χ0n) is 17.0. The van der Waals surface area contributed by atoms with Crippen molar-refractivity contribution in [1.82, 2.24) is 20.0 Å². The normalized spacial score (nSPS) is 23.3. The molecule has 2 aliphatic heterocycles. The summed E-state index contributed by atoms with van der Waals surface area (Å²) in [5.74, 6) is -0.435. The van der Waals surface area contributed by atoms with E-state index in [2.05, 4.69) is 22.2 Å². The quantitative estimate of drug-likeness (QED) is 0.689. The van der Waals surface area contributed by atoms with E-state index in [-0.39, 0.29) is 11.8 Å². The highest BCUT2D eigenvalue weighted by Gasteiger charge is 2.46. The summed E-state index contributed by atoms with van der Waals surface area (Å²) in [5, 5.41) is 3.48. The molecule has 3 rings (SSSR count). The van der Waals surface area contributed by atoms with E-state index in [9.17, 15) is 9.59 Å². The average molecular weight is 455 g/mol. The molecule has 9 heteroatoms. The molecule has 2 fully saturated rings. The van der Waals surface area contributed by atoms with Crippen LogP contribution in [0.5, 0.6) is 0 Å². The zero-order chi connectivity index (χ0) is 21.2. The van der Waals surface area contributed by atoms with Gasteiger partial charge in [0.1, 0.15) is 10.4 Å². The van der Waals surface area contributed by atoms with Gasteiger partial charge in [0.25, 0.3) is 11.8 Å². The smallest absolute Gasteiger partial charge is 0.252 e. The number of carbonyl (C=O) groups is 2. The zero-order valence-corrected chi connectivity index (χ0v) is 19.4. The summed E-state index contributed by atoms with van der Waals surface area (Å²) in [7, 11) is 2.12. The first-order valence-electron chi connectivity index (χ1n) is 9.69. The summed E-state index contributed by atoms with van der Waals surface area (Å²) >= 11 is 12.9. The number of rotatable bonds is 5. The summed E-state index contributed by atoms with van der Waals surface area (Å²) in [6.45, 7) is 9.22. The molecule has 1 aromatic rings. The molecule has 0 aromatic heterocycles. The number of carbonyl (C=O) groups excluding carboxylic acids is 2. The van der Waals surface area contributed by atoms with Crippen LogP contribution in [0.25, 0.3) is 0 Å². The SMILES string of the molecule is CN1CCN(CCN2C(=O)C(NC(=O)c3ccc(Cl)cc3)C(C)(C)SC2=S)CC1. The molecular weight excluding hydrogens is 428 g/mol. The lowest BCUT2D eigenvalue weighted by molar-refractivity contribution is -0.130. The van der Waals surface area contributed by atoms with Crippen molar-refractivity contribution < 1.29 is 9.59 Å². The molecule has 1 atom stereocenters. The summed E-state index contributed by atoms with van der Waals surface area (Å²) in [5.41, 5.74) is 0.472. The molecular formula is C20H27ClN4O2S2. The lowest BCUT2D eigenvalue weighted by Gasteiger charge is -2.43. The summed E-state index contributed by atoms with van der Waals surface area (Å²) in [6, 6.07) is 5.98. The van der Waals surface area contributed by atoms with E-state index in [1.54, 1.807) is 29.2 Å². The molecule has 0 aliphatic carbocycles. The van der Waals surface area contributed by atoms with Gasteiger partial charge < -0.3 is 10.2 Å². The van der Waals surface area contributed by atoms with Gasteiger partial charge in [0.05, 0.1) is 0 Å². The van der Waals surface area contributed by atoms with Crippen LogP contribution in [-0.4, -0.2) is 87.9 Å². The van der Waals surface area contributed by atoms with Crippen LogP contribution in [0.3, 0.4) is 0 Å². The van der Waals surface area contributed by atoms with E-state index < -0.39 is 10.8 Å². The molecule has 2 aliphatic rings. The van der Waals surface area contributed by atoms with Crippen molar-refractivity contribution in [3.8, 4) is 0 Å². The number of thioether (sulfide) groups is 1. The van der Waals surface area contributed by atoms with Crippen LogP contribution in [0.2, 0.25) is 5.02 Å². The Morgan fingerprint density at radius 2 is 1.83 bits per heavy atom. The lowest BCUT2D eigenvalue weighted by atomic mass is 10.0. The molecule has 2 heterocycles. The van der Waals surface area contributed by atoms with Crippen LogP contribution in [0.15, 0.2) is 24.3 Å². The van der Waals surface area contributed by atoms with Crippen molar-refractivity contribution in [2.45, 2.75) is 24.6 Å². The first kappa shape index (κ1) is 22.5. The second-order valence-electron chi connectivity index (χ2n) is 8.02. The maximum absolute atomic E-state index is 13.3. The molecule has 1 N–H and O–H groups in total. The number of hydrogen-bond acceptors (Lipinski definition) is 6. The minimum absolute atomic E-state index is 0.143. The number of nitrogens with one attached hydrogen (secondary N) is 1. The fraction of sp³-hybridized carbons (Fsp3) is 0.550. The maximum Gasteiger partial charge on any atom is 0.252 e. The number of thiocarbonyl (C=S) groups is 1. The number of piperazine rings is 1. The van der Waals surface area contributed by atoms with Crippen molar-refractivity contribution in [3.05, 3.63) is 34.9 Å². The summed E-state index contributed by atoms with van der Waals surface area (Å²) in [6.07, 6.45) is 0. The average Bonchev–Trinajstić information content (AvgIpc) is 2.66. The van der Waals surface area contributed by atoms with Gasteiger partial charge in [-0.25, -0.2) is 0 Å². The van der Waals surface area contributed by atoms with E-state index in [0.29, 0.717) is 21.5 Å². The topological polar surface area (TPSA) is 55.9 Å². The minimum Gasteiger partial charge on any atom is -0.339 e. The number of hydrogen-bond donors (Lipinski definition) is 1. The third kappa shape index (κ3) is 5.49. The number of amides is 2. The molecule has 1 aromatic carbocycles. The molecule has 0 radical (unpaired) electrons. The van der Waals surface area contributed by atoms with E-state index in [1.165, 1.54) is 11.8 Å². The minimum atomic E-state index is -0.658. The van der Waals surface area contributed by atoms with Crippen LogP contribution in [0.4, 0.5) is 0 Å². The summed E-state index contributed by atoms with van der Waals surface area (Å²) in [4.78, 5) is 32.3. The van der Waals surface area contributed by atoms with Crippen LogP contribution >= 0.6 is 35.6 Å². The van der Waals surface area contributed by atoms with E-state index in [4.69, 9.17) is 23.8 Å². The van der Waals surface area contributed by atoms with Gasteiger partial charge in [-0.1, -0.05) is 35.6 Å². The van der Waals surface area contributed by atoms with E-state index >= 15 is 0 Å². The van der Waals surface area contributed by atoms with Gasteiger partial charge in [-0.2, -0.15) is 0 Å². The molecule has 158 valence electrons. The standard InChI is InChI=1S/C20H27ClN4O2S2/c1-20(2)16(22-17(26)14-4-6-15(21)7-5-14)18(27)25(19(28)29-20)13-12-24-10-8-23(3)9-11-24/h4-7,16H,8-13H2,1-3H3,(H,22,26). The Morgan fingerprint density at radius 3 is 2.45 bits per heavy atom. The van der Waals surface area contributed by atoms with Crippen LogP contribution in [0, 0.1) is 0 Å². The maximum atomic E-state index is 13.3. The molecule has 0 saturated carbocycles. The first-order chi connectivity index (χ1) is 13.7. The Balaban J connectivity index is 1.67. The predicted molar refractivity (Wildman–Crippen MR) is 123 cm³/mol. The van der Waals surface area contributed by atoms with Gasteiger partial charge in [-0.15, -0.1) is 0 Å².